The Balaban J connectivity index is 2.19. The first-order valence-electron chi connectivity index (χ1n) is 5.49. The first kappa shape index (κ1) is 13.0. The van der Waals surface area contributed by atoms with Gasteiger partial charge in [0.2, 0.25) is 11.7 Å². The van der Waals surface area contributed by atoms with E-state index in [9.17, 15) is 10.1 Å². The Morgan fingerprint density at radius 2 is 2.32 bits per heavy atom. The van der Waals surface area contributed by atoms with E-state index in [1.54, 1.807) is 13.0 Å². The fourth-order valence-corrected chi connectivity index (χ4v) is 1.49. The highest BCUT2D eigenvalue weighted by molar-refractivity contribution is 5.48. The molecule has 0 fully saturated rings. The van der Waals surface area contributed by atoms with Crippen molar-refractivity contribution in [3.63, 3.8) is 0 Å². The fourth-order valence-electron chi connectivity index (χ4n) is 1.49. The van der Waals surface area contributed by atoms with Crippen molar-refractivity contribution in [3.8, 4) is 5.75 Å². The highest BCUT2D eigenvalue weighted by Crippen LogP contribution is 2.28. The lowest BCUT2D eigenvalue weighted by Gasteiger charge is -2.06. The zero-order valence-corrected chi connectivity index (χ0v) is 10.2. The van der Waals surface area contributed by atoms with Crippen LogP contribution in [0.1, 0.15) is 17.3 Å². The number of nitro benzene ring substituents is 1. The molecule has 0 spiro atoms. The van der Waals surface area contributed by atoms with E-state index in [4.69, 9.17) is 15.0 Å². The molecule has 0 atom stereocenters. The van der Waals surface area contributed by atoms with Gasteiger partial charge in [0.15, 0.2) is 12.4 Å². The molecular weight excluding hydrogens is 252 g/mol. The summed E-state index contributed by atoms with van der Waals surface area (Å²) in [5.41, 5.74) is 6.10. The summed E-state index contributed by atoms with van der Waals surface area (Å²) in [4.78, 5) is 14.3. The van der Waals surface area contributed by atoms with Gasteiger partial charge in [0.25, 0.3) is 0 Å². The van der Waals surface area contributed by atoms with E-state index in [0.717, 1.165) is 5.56 Å². The second-order valence-corrected chi connectivity index (χ2v) is 3.78. The Morgan fingerprint density at radius 1 is 1.53 bits per heavy atom. The number of aryl methyl sites for hydroxylation is 1. The molecule has 0 aliphatic heterocycles. The number of rotatable bonds is 5. The molecule has 100 valence electrons. The molecule has 1 aromatic carbocycles. The molecule has 0 saturated carbocycles. The average Bonchev–Trinajstić information content (AvgIpc) is 2.81. The van der Waals surface area contributed by atoms with Gasteiger partial charge in [-0.3, -0.25) is 10.1 Å². The number of hydrogen-bond acceptors (Lipinski definition) is 7. The summed E-state index contributed by atoms with van der Waals surface area (Å²) in [7, 11) is 0. The van der Waals surface area contributed by atoms with Gasteiger partial charge in [0.1, 0.15) is 0 Å². The van der Waals surface area contributed by atoms with Crippen molar-refractivity contribution >= 4 is 5.69 Å². The van der Waals surface area contributed by atoms with Crippen LogP contribution in [0.3, 0.4) is 0 Å². The number of hydrogen-bond donors (Lipinski definition) is 1. The highest BCUT2D eigenvalue weighted by Gasteiger charge is 2.16. The molecule has 1 heterocycles. The minimum absolute atomic E-state index is 0.00773. The summed E-state index contributed by atoms with van der Waals surface area (Å²) in [6.45, 7) is 1.91. The maximum Gasteiger partial charge on any atom is 0.310 e. The summed E-state index contributed by atoms with van der Waals surface area (Å²) >= 11 is 0. The number of nitrogens with zero attached hydrogens (tertiary/aromatic N) is 3. The van der Waals surface area contributed by atoms with Crippen LogP contribution in [-0.4, -0.2) is 15.1 Å². The molecule has 2 rings (SSSR count). The predicted molar refractivity (Wildman–Crippen MR) is 64.4 cm³/mol. The smallest absolute Gasteiger partial charge is 0.310 e. The number of benzene rings is 1. The van der Waals surface area contributed by atoms with Crippen LogP contribution in [0.4, 0.5) is 5.69 Å². The van der Waals surface area contributed by atoms with Gasteiger partial charge in [-0.05, 0) is 11.6 Å². The second kappa shape index (κ2) is 5.44. The maximum absolute atomic E-state index is 10.9. The molecular formula is C11H12N4O4. The van der Waals surface area contributed by atoms with Gasteiger partial charge in [-0.15, -0.1) is 0 Å². The zero-order chi connectivity index (χ0) is 13.8. The van der Waals surface area contributed by atoms with Gasteiger partial charge >= 0.3 is 5.69 Å². The van der Waals surface area contributed by atoms with Crippen LogP contribution in [0.25, 0.3) is 0 Å². The molecule has 8 nitrogen and oxygen atoms in total. The monoisotopic (exact) mass is 264 g/mol. The van der Waals surface area contributed by atoms with E-state index in [1.807, 2.05) is 0 Å². The van der Waals surface area contributed by atoms with Gasteiger partial charge in [-0.2, -0.15) is 4.98 Å². The third-order valence-electron chi connectivity index (χ3n) is 2.38. The van der Waals surface area contributed by atoms with Crippen LogP contribution in [0, 0.1) is 17.0 Å². The lowest BCUT2D eigenvalue weighted by atomic mass is 10.2. The minimum atomic E-state index is -0.517. The third kappa shape index (κ3) is 3.05. The quantitative estimate of drug-likeness (QED) is 0.639. The molecule has 0 aliphatic carbocycles. The van der Waals surface area contributed by atoms with Crippen LogP contribution < -0.4 is 10.5 Å². The molecule has 8 heteroatoms. The Morgan fingerprint density at radius 3 is 2.89 bits per heavy atom. The van der Waals surface area contributed by atoms with Gasteiger partial charge in [-0.1, -0.05) is 11.2 Å². The molecule has 0 amide bonds. The van der Waals surface area contributed by atoms with Crippen LogP contribution >= 0.6 is 0 Å². The van der Waals surface area contributed by atoms with E-state index in [1.165, 1.54) is 12.1 Å². The Hall–Kier alpha value is -2.48. The largest absolute Gasteiger partial charge is 0.478 e. The van der Waals surface area contributed by atoms with E-state index in [-0.39, 0.29) is 24.6 Å². The molecule has 2 aromatic rings. The summed E-state index contributed by atoms with van der Waals surface area (Å²) in [5, 5.41) is 14.5. The summed E-state index contributed by atoms with van der Waals surface area (Å²) in [6.07, 6.45) is 0. The molecule has 0 radical (unpaired) electrons. The topological polar surface area (TPSA) is 117 Å². The van der Waals surface area contributed by atoms with Crippen molar-refractivity contribution in [1.29, 1.82) is 0 Å². The molecule has 1 aromatic heterocycles. The van der Waals surface area contributed by atoms with Crippen molar-refractivity contribution in [1.82, 2.24) is 10.1 Å². The summed E-state index contributed by atoms with van der Waals surface area (Å²) < 4.78 is 10.1. The first-order valence-corrected chi connectivity index (χ1v) is 5.49. The summed E-state index contributed by atoms with van der Waals surface area (Å²) in [5.74, 6) is 0.865. The molecule has 2 N–H and O–H groups in total. The maximum atomic E-state index is 10.9. The number of ether oxygens (including phenoxy) is 1. The minimum Gasteiger partial charge on any atom is -0.478 e. The van der Waals surface area contributed by atoms with Gasteiger partial charge in [0.05, 0.1) is 4.92 Å². The molecule has 0 bridgehead atoms. The van der Waals surface area contributed by atoms with E-state index < -0.39 is 4.92 Å². The lowest BCUT2D eigenvalue weighted by Crippen LogP contribution is -2.03. The van der Waals surface area contributed by atoms with E-state index >= 15 is 0 Å². The van der Waals surface area contributed by atoms with Crippen molar-refractivity contribution in [3.05, 3.63) is 45.6 Å². The SMILES string of the molecule is Cc1nc(COc2cc(CN)ccc2[N+](=O)[O-])no1. The third-order valence-corrected chi connectivity index (χ3v) is 2.38. The van der Waals surface area contributed by atoms with Crippen molar-refractivity contribution < 1.29 is 14.2 Å². The highest BCUT2D eigenvalue weighted by atomic mass is 16.6. The number of nitro groups is 1. The van der Waals surface area contributed by atoms with Gasteiger partial charge in [0, 0.05) is 19.5 Å². The van der Waals surface area contributed by atoms with Crippen molar-refractivity contribution in [2.75, 3.05) is 0 Å². The zero-order valence-electron chi connectivity index (χ0n) is 10.2. The molecule has 0 aliphatic rings. The fraction of sp³-hybridized carbons (Fsp3) is 0.273. The van der Waals surface area contributed by atoms with Crippen molar-refractivity contribution in [2.45, 2.75) is 20.1 Å². The Bertz CT molecular complexity index is 596. The Kier molecular flexibility index (Phi) is 3.71. The standard InChI is InChI=1S/C11H12N4O4/c1-7-13-11(14-19-7)6-18-10-4-8(5-12)2-3-9(10)15(16)17/h2-4H,5-6,12H2,1H3. The lowest BCUT2D eigenvalue weighted by molar-refractivity contribution is -0.386. The van der Waals surface area contributed by atoms with Crippen LogP contribution in [0.2, 0.25) is 0 Å². The average molecular weight is 264 g/mol. The van der Waals surface area contributed by atoms with E-state index in [0.29, 0.717) is 11.7 Å². The number of aromatic nitrogens is 2. The number of nitrogens with two attached hydrogens (primary N) is 1. The first-order chi connectivity index (χ1) is 9.10. The van der Waals surface area contributed by atoms with Crippen LogP contribution in [0.5, 0.6) is 5.75 Å². The van der Waals surface area contributed by atoms with Crippen molar-refractivity contribution in [2.24, 2.45) is 5.73 Å². The van der Waals surface area contributed by atoms with E-state index in [2.05, 4.69) is 10.1 Å². The van der Waals surface area contributed by atoms with Crippen LogP contribution in [0.15, 0.2) is 22.7 Å². The molecule has 0 unspecified atom stereocenters. The Labute approximate surface area is 108 Å². The predicted octanol–water partition coefficient (Wildman–Crippen LogP) is 1.32. The van der Waals surface area contributed by atoms with Crippen LogP contribution in [-0.2, 0) is 13.2 Å². The van der Waals surface area contributed by atoms with Gasteiger partial charge < -0.3 is 15.0 Å². The normalized spacial score (nSPS) is 10.4. The summed E-state index contributed by atoms with van der Waals surface area (Å²) in [6, 6.07) is 4.48. The van der Waals surface area contributed by atoms with Gasteiger partial charge in [-0.25, -0.2) is 0 Å². The molecule has 19 heavy (non-hydrogen) atoms. The molecule has 0 saturated heterocycles. The second-order valence-electron chi connectivity index (χ2n) is 3.78.